The van der Waals surface area contributed by atoms with Crippen molar-refractivity contribution in [3.05, 3.63) is 65.2 Å². The van der Waals surface area contributed by atoms with Gasteiger partial charge in [0, 0.05) is 36.3 Å². The van der Waals surface area contributed by atoms with Gasteiger partial charge in [-0.2, -0.15) is 0 Å². The molecule has 0 bridgehead atoms. The van der Waals surface area contributed by atoms with Gasteiger partial charge in [-0.05, 0) is 54.6 Å². The molecular formula is C25H31F2N3O2. The van der Waals surface area contributed by atoms with Crippen molar-refractivity contribution in [2.45, 2.75) is 46.1 Å². The molecule has 0 spiro atoms. The summed E-state index contributed by atoms with van der Waals surface area (Å²) in [6, 6.07) is 10.1. The highest BCUT2D eigenvalue weighted by molar-refractivity contribution is 5.94. The van der Waals surface area contributed by atoms with E-state index in [0.717, 1.165) is 49.4 Å². The molecule has 7 heteroatoms. The summed E-state index contributed by atoms with van der Waals surface area (Å²) in [5.41, 5.74) is 6.97. The van der Waals surface area contributed by atoms with E-state index in [2.05, 4.69) is 5.32 Å². The summed E-state index contributed by atoms with van der Waals surface area (Å²) in [7, 11) is 0. The molecule has 172 valence electrons. The van der Waals surface area contributed by atoms with E-state index >= 15 is 0 Å². The number of nitrogens with zero attached hydrogens (tertiary/aromatic N) is 1. The Labute approximate surface area is 188 Å². The fraction of sp³-hybridized carbons (Fsp3) is 0.440. The number of rotatable bonds is 8. The second-order valence-corrected chi connectivity index (χ2v) is 9.36. The van der Waals surface area contributed by atoms with Crippen LogP contribution in [0.25, 0.3) is 0 Å². The fourth-order valence-corrected chi connectivity index (χ4v) is 3.99. The van der Waals surface area contributed by atoms with Crippen molar-refractivity contribution < 1.29 is 18.4 Å². The van der Waals surface area contributed by atoms with Crippen molar-refractivity contribution in [2.24, 2.45) is 17.1 Å². The van der Waals surface area contributed by atoms with Gasteiger partial charge in [0.1, 0.15) is 11.6 Å². The number of nitrogens with one attached hydrogen (secondary N) is 1. The van der Waals surface area contributed by atoms with Crippen LogP contribution < -0.4 is 11.1 Å². The van der Waals surface area contributed by atoms with E-state index in [9.17, 15) is 18.4 Å². The highest BCUT2D eigenvalue weighted by Gasteiger charge is 2.26. The molecule has 2 amide bonds. The van der Waals surface area contributed by atoms with Gasteiger partial charge in [0.15, 0.2) is 0 Å². The highest BCUT2D eigenvalue weighted by atomic mass is 19.1. The molecule has 0 radical (unpaired) electrons. The summed E-state index contributed by atoms with van der Waals surface area (Å²) in [5.74, 6) is -1.94. The van der Waals surface area contributed by atoms with E-state index < -0.39 is 17.5 Å². The number of hydrogen-bond acceptors (Lipinski definition) is 3. The van der Waals surface area contributed by atoms with Gasteiger partial charge in [0.2, 0.25) is 5.91 Å². The molecule has 0 heterocycles. The fourth-order valence-electron chi connectivity index (χ4n) is 3.99. The summed E-state index contributed by atoms with van der Waals surface area (Å²) in [5, 5.41) is 2.95. The third-order valence-corrected chi connectivity index (χ3v) is 5.89. The van der Waals surface area contributed by atoms with Crippen LogP contribution in [-0.4, -0.2) is 29.8 Å². The second-order valence-electron chi connectivity index (χ2n) is 9.36. The monoisotopic (exact) mass is 443 g/mol. The lowest BCUT2D eigenvalue weighted by molar-refractivity contribution is -0.119. The largest absolute Gasteiger partial charge is 0.334 e. The van der Waals surface area contributed by atoms with Crippen molar-refractivity contribution in [3.8, 4) is 0 Å². The molecule has 1 fully saturated rings. The summed E-state index contributed by atoms with van der Waals surface area (Å²) in [4.78, 5) is 27.0. The summed E-state index contributed by atoms with van der Waals surface area (Å²) in [6.07, 6.45) is 4.04. The first-order valence-corrected chi connectivity index (χ1v) is 11.0. The maximum Gasteiger partial charge on any atom is 0.254 e. The Hall–Kier alpha value is -2.80. The van der Waals surface area contributed by atoms with Crippen molar-refractivity contribution in [3.63, 3.8) is 0 Å². The van der Waals surface area contributed by atoms with Crippen LogP contribution in [0.1, 0.15) is 55.5 Å². The molecule has 0 saturated heterocycles. The molecule has 32 heavy (non-hydrogen) atoms. The second kappa shape index (κ2) is 10.2. The highest BCUT2D eigenvalue weighted by Crippen LogP contribution is 2.26. The van der Waals surface area contributed by atoms with Crippen LogP contribution in [0.5, 0.6) is 0 Å². The number of anilines is 1. The number of carbonyl (C=O) groups excluding carboxylic acids is 2. The smallest absolute Gasteiger partial charge is 0.254 e. The van der Waals surface area contributed by atoms with Gasteiger partial charge in [-0.15, -0.1) is 0 Å². The molecule has 5 nitrogen and oxygen atoms in total. The first-order valence-electron chi connectivity index (χ1n) is 11.0. The van der Waals surface area contributed by atoms with Crippen LogP contribution in [0.2, 0.25) is 0 Å². The molecule has 1 aliphatic carbocycles. The van der Waals surface area contributed by atoms with Crippen molar-refractivity contribution >= 4 is 17.5 Å². The Morgan fingerprint density at radius 3 is 2.22 bits per heavy atom. The topological polar surface area (TPSA) is 75.4 Å². The molecule has 0 aliphatic heterocycles. The molecule has 3 N–H and O–H groups in total. The van der Waals surface area contributed by atoms with Crippen LogP contribution in [0.4, 0.5) is 14.5 Å². The third-order valence-electron chi connectivity index (χ3n) is 5.89. The minimum Gasteiger partial charge on any atom is -0.334 e. The zero-order valence-corrected chi connectivity index (χ0v) is 18.7. The Kier molecular flexibility index (Phi) is 7.61. The van der Waals surface area contributed by atoms with E-state index in [-0.39, 0.29) is 29.3 Å². The van der Waals surface area contributed by atoms with Crippen molar-refractivity contribution in [1.29, 1.82) is 0 Å². The maximum absolute atomic E-state index is 13.7. The lowest BCUT2D eigenvalue weighted by Gasteiger charge is -2.32. The molecule has 0 atom stereocenters. The standard InChI is InChI=1S/C25H31F2N3O2/c1-25(2,15-28)16-30(24(32)19-11-20(26)13-21(27)12-19)14-17-7-9-22(10-8-17)29-23(31)18-5-3-4-6-18/h7-13,18H,3-6,14-16,28H2,1-2H3,(H,29,31). The first kappa shape index (κ1) is 23.9. The van der Waals surface area contributed by atoms with Gasteiger partial charge in [-0.25, -0.2) is 8.78 Å². The molecule has 0 unspecified atom stereocenters. The zero-order chi connectivity index (χ0) is 23.3. The number of benzene rings is 2. The van der Waals surface area contributed by atoms with E-state index in [4.69, 9.17) is 5.73 Å². The van der Waals surface area contributed by atoms with Crippen molar-refractivity contribution in [1.82, 2.24) is 4.90 Å². The lowest BCUT2D eigenvalue weighted by atomic mass is 9.92. The average Bonchev–Trinajstić information content (AvgIpc) is 3.28. The third kappa shape index (κ3) is 6.36. The van der Waals surface area contributed by atoms with Crippen LogP contribution >= 0.6 is 0 Å². The van der Waals surface area contributed by atoms with Gasteiger partial charge in [0.25, 0.3) is 5.91 Å². The van der Waals surface area contributed by atoms with Crippen LogP contribution in [0.15, 0.2) is 42.5 Å². The van der Waals surface area contributed by atoms with Crippen LogP contribution in [0.3, 0.4) is 0 Å². The molecule has 1 aliphatic rings. The Balaban J connectivity index is 1.75. The predicted octanol–water partition coefficient (Wildman–Crippen LogP) is 4.72. The summed E-state index contributed by atoms with van der Waals surface area (Å²) < 4.78 is 27.4. The van der Waals surface area contributed by atoms with Crippen molar-refractivity contribution in [2.75, 3.05) is 18.4 Å². The number of amides is 2. The minimum absolute atomic E-state index is 0.0456. The Morgan fingerprint density at radius 2 is 1.66 bits per heavy atom. The van der Waals surface area contributed by atoms with E-state index in [1.165, 1.54) is 0 Å². The van der Waals surface area contributed by atoms with E-state index in [1.807, 2.05) is 26.0 Å². The zero-order valence-electron chi connectivity index (χ0n) is 18.7. The Bertz CT molecular complexity index is 934. The Morgan fingerprint density at radius 1 is 1.06 bits per heavy atom. The van der Waals surface area contributed by atoms with Gasteiger partial charge < -0.3 is 16.0 Å². The molecule has 2 aromatic rings. The molecule has 3 rings (SSSR count). The normalized spacial score (nSPS) is 14.4. The maximum atomic E-state index is 13.7. The number of nitrogens with two attached hydrogens (primary N) is 1. The molecular weight excluding hydrogens is 412 g/mol. The van der Waals surface area contributed by atoms with Crippen LogP contribution in [0, 0.1) is 23.0 Å². The number of carbonyl (C=O) groups is 2. The van der Waals surface area contributed by atoms with Gasteiger partial charge in [0.05, 0.1) is 0 Å². The predicted molar refractivity (Wildman–Crippen MR) is 121 cm³/mol. The molecule has 1 saturated carbocycles. The first-order chi connectivity index (χ1) is 15.2. The van der Waals surface area contributed by atoms with Gasteiger partial charge in [-0.1, -0.05) is 38.8 Å². The molecule has 2 aromatic carbocycles. The average molecular weight is 444 g/mol. The lowest BCUT2D eigenvalue weighted by Crippen LogP contribution is -2.41. The number of halogens is 2. The summed E-state index contributed by atoms with van der Waals surface area (Å²) in [6.45, 7) is 4.78. The minimum atomic E-state index is -0.797. The van der Waals surface area contributed by atoms with Gasteiger partial charge in [-0.3, -0.25) is 9.59 Å². The summed E-state index contributed by atoms with van der Waals surface area (Å²) >= 11 is 0. The number of hydrogen-bond donors (Lipinski definition) is 2. The quantitative estimate of drug-likeness (QED) is 0.620. The SMILES string of the molecule is CC(C)(CN)CN(Cc1ccc(NC(=O)C2CCCC2)cc1)C(=O)c1cc(F)cc(F)c1. The van der Waals surface area contributed by atoms with Crippen LogP contribution in [-0.2, 0) is 11.3 Å². The molecule has 0 aromatic heterocycles. The van der Waals surface area contributed by atoms with E-state index in [0.29, 0.717) is 18.8 Å². The van der Waals surface area contributed by atoms with Gasteiger partial charge >= 0.3 is 0 Å². The van der Waals surface area contributed by atoms with E-state index in [1.54, 1.807) is 17.0 Å².